The van der Waals surface area contributed by atoms with Gasteiger partial charge in [-0.25, -0.2) is 0 Å². The van der Waals surface area contributed by atoms with E-state index in [0.29, 0.717) is 6.42 Å². The fourth-order valence-electron chi connectivity index (χ4n) is 2.42. The Morgan fingerprint density at radius 2 is 1.89 bits per heavy atom. The zero-order valence-corrected chi connectivity index (χ0v) is 12.0. The van der Waals surface area contributed by atoms with Crippen molar-refractivity contribution in [2.24, 2.45) is 11.8 Å². The van der Waals surface area contributed by atoms with Gasteiger partial charge in [-0.05, 0) is 11.8 Å². The summed E-state index contributed by atoms with van der Waals surface area (Å²) >= 11 is 0. The fourth-order valence-corrected chi connectivity index (χ4v) is 4.83. The third-order valence-corrected chi connectivity index (χ3v) is 6.51. The van der Waals surface area contributed by atoms with Crippen LogP contribution >= 0.6 is 15.4 Å². The van der Waals surface area contributed by atoms with Crippen LogP contribution < -0.4 is 0 Å². The minimum atomic E-state index is -5.17. The smallest absolute Gasteiger partial charge is 0.321 e. The molecule has 1 fully saturated rings. The average molecular weight is 300 g/mol. The lowest BCUT2D eigenvalue weighted by Crippen LogP contribution is -2.13. The molecule has 0 spiro atoms. The number of hydrogen-bond donors (Lipinski definition) is 1. The summed E-state index contributed by atoms with van der Waals surface area (Å²) in [4.78, 5) is 8.36. The molecule has 18 heavy (non-hydrogen) atoms. The topological polar surface area (TPSA) is 63.6 Å². The Kier molecular flexibility index (Phi) is 5.61. The lowest BCUT2D eigenvalue weighted by molar-refractivity contribution is 0.201. The van der Waals surface area contributed by atoms with Crippen molar-refractivity contribution < 1.29 is 26.9 Å². The molecule has 0 aliphatic heterocycles. The standard InChI is InChI=1S/C9H17BF2O4P2/c1-2-7-3-9(10)4-8(7)5-16-18(12,15)6-17(11,13)14/h7-9H,2-6H2,1H3,(H,13,14)/t7-,8-,9-,18?/m1/s1. The van der Waals surface area contributed by atoms with Crippen LogP contribution in [0.3, 0.4) is 0 Å². The van der Waals surface area contributed by atoms with Gasteiger partial charge in [0.25, 0.3) is 0 Å². The molecule has 0 amide bonds. The van der Waals surface area contributed by atoms with Gasteiger partial charge in [0, 0.05) is 0 Å². The van der Waals surface area contributed by atoms with Gasteiger partial charge >= 0.3 is 15.4 Å². The molecule has 5 atom stereocenters. The molecule has 104 valence electrons. The van der Waals surface area contributed by atoms with E-state index in [2.05, 4.69) is 4.52 Å². The molecule has 9 heteroatoms. The molecule has 0 aromatic heterocycles. The molecule has 0 bridgehead atoms. The van der Waals surface area contributed by atoms with E-state index in [1.165, 1.54) is 0 Å². The normalized spacial score (nSPS) is 35.0. The number of rotatable bonds is 6. The highest BCUT2D eigenvalue weighted by atomic mass is 31.3. The monoisotopic (exact) mass is 300 g/mol. The molecule has 1 aliphatic carbocycles. The van der Waals surface area contributed by atoms with E-state index < -0.39 is 21.3 Å². The van der Waals surface area contributed by atoms with Gasteiger partial charge < -0.3 is 9.42 Å². The lowest BCUT2D eigenvalue weighted by atomic mass is 9.85. The zero-order chi connectivity index (χ0) is 14.0. The summed E-state index contributed by atoms with van der Waals surface area (Å²) in [7, 11) is -4.25. The molecule has 4 nitrogen and oxygen atoms in total. The third kappa shape index (κ3) is 5.52. The zero-order valence-electron chi connectivity index (χ0n) is 10.2. The first kappa shape index (κ1) is 16.4. The second kappa shape index (κ2) is 6.17. The Balaban J connectivity index is 2.49. The summed E-state index contributed by atoms with van der Waals surface area (Å²) in [6.45, 7) is 1.81. The van der Waals surface area contributed by atoms with Crippen molar-refractivity contribution in [3.05, 3.63) is 0 Å². The van der Waals surface area contributed by atoms with Crippen molar-refractivity contribution in [3.8, 4) is 0 Å². The van der Waals surface area contributed by atoms with Crippen molar-refractivity contribution in [2.75, 3.05) is 12.5 Å². The minimum Gasteiger partial charge on any atom is -0.321 e. The van der Waals surface area contributed by atoms with Crippen LogP contribution in [-0.4, -0.2) is 25.2 Å². The predicted molar refractivity (Wildman–Crippen MR) is 66.5 cm³/mol. The first-order chi connectivity index (χ1) is 8.13. The molecule has 1 N–H and O–H groups in total. The Hall–Kier alpha value is 0.305. The van der Waals surface area contributed by atoms with Crippen molar-refractivity contribution in [3.63, 3.8) is 0 Å². The molecule has 2 radical (unpaired) electrons. The molecule has 0 aromatic carbocycles. The summed E-state index contributed by atoms with van der Waals surface area (Å²) in [5.74, 6) is -1.35. The molecule has 0 heterocycles. The highest BCUT2D eigenvalue weighted by Gasteiger charge is 2.37. The van der Waals surface area contributed by atoms with Gasteiger partial charge in [0.15, 0.2) is 5.90 Å². The quantitative estimate of drug-likeness (QED) is 0.600. The van der Waals surface area contributed by atoms with Crippen LogP contribution in [0.1, 0.15) is 26.2 Å². The largest absolute Gasteiger partial charge is 0.379 e. The molecule has 2 unspecified atom stereocenters. The molecular weight excluding hydrogens is 283 g/mol. The summed E-state index contributed by atoms with van der Waals surface area (Å²) in [6, 6.07) is 0. The van der Waals surface area contributed by atoms with Crippen molar-refractivity contribution in [1.82, 2.24) is 0 Å². The lowest BCUT2D eigenvalue weighted by Gasteiger charge is -2.19. The second-order valence-electron chi connectivity index (χ2n) is 4.80. The van der Waals surface area contributed by atoms with E-state index >= 15 is 0 Å². The minimum absolute atomic E-state index is 0.00710. The summed E-state index contributed by atoms with van der Waals surface area (Å²) in [5.41, 5.74) is 0. The highest BCUT2D eigenvalue weighted by Crippen LogP contribution is 2.62. The Morgan fingerprint density at radius 3 is 2.39 bits per heavy atom. The molecular formula is C9H17BF2O4P2. The average Bonchev–Trinajstić information content (AvgIpc) is 2.52. The summed E-state index contributed by atoms with van der Waals surface area (Å²) in [5, 5.41) is 0. The maximum absolute atomic E-state index is 13.3. The predicted octanol–water partition coefficient (Wildman–Crippen LogP) is 3.67. The van der Waals surface area contributed by atoms with Crippen LogP contribution in [-0.2, 0) is 13.7 Å². The van der Waals surface area contributed by atoms with E-state index in [9.17, 15) is 17.5 Å². The van der Waals surface area contributed by atoms with E-state index in [4.69, 9.17) is 12.7 Å². The van der Waals surface area contributed by atoms with Crippen LogP contribution in [0.2, 0.25) is 5.82 Å². The van der Waals surface area contributed by atoms with Gasteiger partial charge in [-0.3, -0.25) is 9.13 Å². The van der Waals surface area contributed by atoms with Crippen molar-refractivity contribution in [1.29, 1.82) is 0 Å². The van der Waals surface area contributed by atoms with Gasteiger partial charge in [0.05, 0.1) is 14.5 Å². The van der Waals surface area contributed by atoms with Crippen LogP contribution in [0.15, 0.2) is 0 Å². The van der Waals surface area contributed by atoms with E-state index in [0.717, 1.165) is 12.8 Å². The second-order valence-corrected chi connectivity index (χ2v) is 8.61. The fraction of sp³-hybridized carbons (Fsp3) is 1.00. The number of hydrogen-bond acceptors (Lipinski definition) is 3. The van der Waals surface area contributed by atoms with Crippen LogP contribution in [0, 0.1) is 11.8 Å². The molecule has 0 aromatic rings. The van der Waals surface area contributed by atoms with Gasteiger partial charge in [-0.1, -0.05) is 32.0 Å². The number of halogens is 2. The molecule has 1 rings (SSSR count). The van der Waals surface area contributed by atoms with Crippen LogP contribution in [0.5, 0.6) is 0 Å². The van der Waals surface area contributed by atoms with Crippen LogP contribution in [0.4, 0.5) is 8.39 Å². The van der Waals surface area contributed by atoms with E-state index in [1.807, 2.05) is 6.92 Å². The van der Waals surface area contributed by atoms with Gasteiger partial charge in [-0.2, -0.15) is 8.39 Å². The van der Waals surface area contributed by atoms with Crippen molar-refractivity contribution >= 4 is 23.2 Å². The van der Waals surface area contributed by atoms with E-state index in [-0.39, 0.29) is 24.3 Å². The highest BCUT2D eigenvalue weighted by molar-refractivity contribution is 7.70. The maximum atomic E-state index is 13.3. The van der Waals surface area contributed by atoms with Gasteiger partial charge in [-0.15, -0.1) is 0 Å². The summed E-state index contributed by atoms with van der Waals surface area (Å²) in [6.07, 6.45) is 2.27. The maximum Gasteiger partial charge on any atom is 0.379 e. The summed E-state index contributed by atoms with van der Waals surface area (Å²) < 4.78 is 51.8. The van der Waals surface area contributed by atoms with Crippen molar-refractivity contribution in [2.45, 2.75) is 32.0 Å². The SMILES string of the molecule is [B][C@@H]1C[C@@H](CC)[C@@H](COP(=O)(F)CP(=O)(O)F)C1. The molecule has 1 saturated carbocycles. The van der Waals surface area contributed by atoms with Crippen LogP contribution in [0.25, 0.3) is 0 Å². The first-order valence-corrected chi connectivity index (χ1v) is 9.27. The third-order valence-electron chi connectivity index (χ3n) is 3.23. The van der Waals surface area contributed by atoms with Gasteiger partial charge in [0.2, 0.25) is 0 Å². The Labute approximate surface area is 107 Å². The van der Waals surface area contributed by atoms with E-state index in [1.54, 1.807) is 0 Å². The first-order valence-electron chi connectivity index (χ1n) is 5.83. The Bertz CT molecular complexity index is 376. The molecule has 0 saturated heterocycles. The Morgan fingerprint density at radius 1 is 1.33 bits per heavy atom. The van der Waals surface area contributed by atoms with Gasteiger partial charge in [0.1, 0.15) is 0 Å². The molecule has 1 aliphatic rings.